The van der Waals surface area contributed by atoms with Gasteiger partial charge in [-0.15, -0.1) is 0 Å². The van der Waals surface area contributed by atoms with Gasteiger partial charge >= 0.3 is 0 Å². The van der Waals surface area contributed by atoms with Crippen molar-refractivity contribution in [2.75, 3.05) is 0 Å². The summed E-state index contributed by atoms with van der Waals surface area (Å²) in [4.78, 5) is 0. The van der Waals surface area contributed by atoms with Crippen molar-refractivity contribution in [2.24, 2.45) is 0 Å². The lowest BCUT2D eigenvalue weighted by atomic mass is 9.87. The number of benzene rings is 1. The summed E-state index contributed by atoms with van der Waals surface area (Å²) in [7, 11) is 0. The van der Waals surface area contributed by atoms with Crippen molar-refractivity contribution >= 4 is 0 Å². The zero-order valence-corrected chi connectivity index (χ0v) is 14.6. The van der Waals surface area contributed by atoms with Gasteiger partial charge in [0.15, 0.2) is 0 Å². The second-order valence-corrected chi connectivity index (χ2v) is 6.11. The molecule has 0 radical (unpaired) electrons. The highest BCUT2D eigenvalue weighted by Crippen LogP contribution is 2.31. The van der Waals surface area contributed by atoms with E-state index >= 15 is 0 Å². The standard InChI is InChI=1S/C20H34O/c1-5-9-10-11-12-14-19-18(13-6-2)17(8-4)16(7-3)15-20(19)21/h15,21H,5-14H2,1-4H3. The first kappa shape index (κ1) is 18.1. The van der Waals surface area contributed by atoms with Crippen LogP contribution in [0.2, 0.25) is 0 Å². The number of phenols is 1. The quantitative estimate of drug-likeness (QED) is 0.525. The van der Waals surface area contributed by atoms with Crippen molar-refractivity contribution in [2.45, 2.75) is 91.9 Å². The van der Waals surface area contributed by atoms with Gasteiger partial charge in [-0.05, 0) is 60.4 Å². The molecule has 1 rings (SSSR count). The maximum atomic E-state index is 10.5. The first-order valence-corrected chi connectivity index (χ1v) is 9.04. The number of hydrogen-bond donors (Lipinski definition) is 1. The van der Waals surface area contributed by atoms with Crippen molar-refractivity contribution in [3.63, 3.8) is 0 Å². The molecule has 0 spiro atoms. The molecular weight excluding hydrogens is 256 g/mol. The minimum absolute atomic E-state index is 0.544. The molecule has 0 unspecified atom stereocenters. The third-order valence-electron chi connectivity index (χ3n) is 4.50. The molecule has 120 valence electrons. The first-order chi connectivity index (χ1) is 10.2. The molecule has 0 heterocycles. The average Bonchev–Trinajstić information content (AvgIpc) is 2.49. The Labute approximate surface area is 131 Å². The van der Waals surface area contributed by atoms with Gasteiger partial charge in [0.25, 0.3) is 0 Å². The van der Waals surface area contributed by atoms with Crippen LogP contribution in [0.1, 0.15) is 88.5 Å². The number of aryl methyl sites for hydroxylation is 1. The van der Waals surface area contributed by atoms with E-state index < -0.39 is 0 Å². The lowest BCUT2D eigenvalue weighted by Gasteiger charge is -2.19. The van der Waals surface area contributed by atoms with E-state index in [9.17, 15) is 5.11 Å². The van der Waals surface area contributed by atoms with Crippen LogP contribution < -0.4 is 0 Å². The predicted molar refractivity (Wildman–Crippen MR) is 93.3 cm³/mol. The van der Waals surface area contributed by atoms with Gasteiger partial charge in [0, 0.05) is 0 Å². The molecule has 0 fully saturated rings. The molecule has 0 aliphatic heterocycles. The van der Waals surface area contributed by atoms with Crippen LogP contribution in [-0.2, 0) is 25.7 Å². The summed E-state index contributed by atoms with van der Waals surface area (Å²) in [5.41, 5.74) is 5.53. The van der Waals surface area contributed by atoms with Crippen molar-refractivity contribution in [3.05, 3.63) is 28.3 Å². The number of hydrogen-bond acceptors (Lipinski definition) is 1. The largest absolute Gasteiger partial charge is 0.508 e. The maximum Gasteiger partial charge on any atom is 0.119 e. The van der Waals surface area contributed by atoms with Gasteiger partial charge in [-0.25, -0.2) is 0 Å². The van der Waals surface area contributed by atoms with Gasteiger partial charge in [-0.1, -0.05) is 59.8 Å². The summed E-state index contributed by atoms with van der Waals surface area (Å²) in [5.74, 6) is 0.544. The molecule has 0 bridgehead atoms. The zero-order valence-electron chi connectivity index (χ0n) is 14.6. The molecule has 21 heavy (non-hydrogen) atoms. The van der Waals surface area contributed by atoms with Crippen LogP contribution in [-0.4, -0.2) is 5.11 Å². The lowest BCUT2D eigenvalue weighted by Crippen LogP contribution is -2.05. The van der Waals surface area contributed by atoms with Gasteiger partial charge in [0.2, 0.25) is 0 Å². The van der Waals surface area contributed by atoms with Crippen LogP contribution in [0.25, 0.3) is 0 Å². The first-order valence-electron chi connectivity index (χ1n) is 9.04. The smallest absolute Gasteiger partial charge is 0.119 e. The second kappa shape index (κ2) is 9.87. The monoisotopic (exact) mass is 290 g/mol. The third-order valence-corrected chi connectivity index (χ3v) is 4.50. The highest BCUT2D eigenvalue weighted by molar-refractivity contribution is 5.49. The van der Waals surface area contributed by atoms with E-state index in [1.165, 1.54) is 54.4 Å². The van der Waals surface area contributed by atoms with Crippen LogP contribution >= 0.6 is 0 Å². The van der Waals surface area contributed by atoms with Crippen LogP contribution in [0, 0.1) is 0 Å². The molecule has 1 heteroatoms. The summed E-state index contributed by atoms with van der Waals surface area (Å²) in [6, 6.07) is 2.03. The van der Waals surface area contributed by atoms with Crippen LogP contribution in [0.3, 0.4) is 0 Å². The van der Waals surface area contributed by atoms with Gasteiger partial charge in [-0.3, -0.25) is 0 Å². The van der Waals surface area contributed by atoms with E-state index in [1.54, 1.807) is 0 Å². The van der Waals surface area contributed by atoms with Crippen molar-refractivity contribution in [1.82, 2.24) is 0 Å². The fraction of sp³-hybridized carbons (Fsp3) is 0.700. The fourth-order valence-electron chi connectivity index (χ4n) is 3.36. The Morgan fingerprint density at radius 2 is 1.43 bits per heavy atom. The Kier molecular flexibility index (Phi) is 8.49. The molecule has 0 aliphatic carbocycles. The van der Waals surface area contributed by atoms with Crippen molar-refractivity contribution in [1.29, 1.82) is 0 Å². The highest BCUT2D eigenvalue weighted by atomic mass is 16.3. The van der Waals surface area contributed by atoms with E-state index in [0.717, 1.165) is 32.1 Å². The normalized spacial score (nSPS) is 11.0. The molecule has 1 N–H and O–H groups in total. The number of aromatic hydroxyl groups is 1. The van der Waals surface area contributed by atoms with E-state index in [0.29, 0.717) is 5.75 Å². The van der Waals surface area contributed by atoms with Crippen LogP contribution in [0.4, 0.5) is 0 Å². The van der Waals surface area contributed by atoms with Crippen molar-refractivity contribution < 1.29 is 5.11 Å². The topological polar surface area (TPSA) is 20.2 Å². The number of rotatable bonds is 10. The Hall–Kier alpha value is -0.980. The zero-order chi connectivity index (χ0) is 15.7. The molecule has 0 aromatic heterocycles. The molecule has 0 saturated heterocycles. The molecule has 1 nitrogen and oxygen atoms in total. The molecule has 0 atom stereocenters. The van der Waals surface area contributed by atoms with E-state index in [-0.39, 0.29) is 0 Å². The van der Waals surface area contributed by atoms with Crippen LogP contribution in [0.5, 0.6) is 5.75 Å². The van der Waals surface area contributed by atoms with Crippen LogP contribution in [0.15, 0.2) is 6.07 Å². The lowest BCUT2D eigenvalue weighted by molar-refractivity contribution is 0.463. The van der Waals surface area contributed by atoms with Gasteiger partial charge < -0.3 is 5.11 Å². The maximum absolute atomic E-state index is 10.5. The third kappa shape index (κ3) is 5.05. The minimum Gasteiger partial charge on any atom is -0.508 e. The van der Waals surface area contributed by atoms with Gasteiger partial charge in [-0.2, -0.15) is 0 Å². The molecule has 0 aliphatic rings. The fourth-order valence-corrected chi connectivity index (χ4v) is 3.36. The predicted octanol–water partition coefficient (Wildman–Crippen LogP) is 5.98. The Morgan fingerprint density at radius 3 is 2.00 bits per heavy atom. The second-order valence-electron chi connectivity index (χ2n) is 6.11. The molecule has 1 aromatic rings. The summed E-state index contributed by atoms with van der Waals surface area (Å²) in [6.45, 7) is 8.92. The minimum atomic E-state index is 0.544. The Bertz CT molecular complexity index is 420. The molecule has 0 amide bonds. The highest BCUT2D eigenvalue weighted by Gasteiger charge is 2.15. The Morgan fingerprint density at radius 1 is 0.714 bits per heavy atom. The molecule has 0 saturated carbocycles. The van der Waals surface area contributed by atoms with Gasteiger partial charge in [0.05, 0.1) is 0 Å². The summed E-state index contributed by atoms with van der Waals surface area (Å²) < 4.78 is 0. The van der Waals surface area contributed by atoms with E-state index in [2.05, 4.69) is 27.7 Å². The molecule has 1 aromatic carbocycles. The number of phenolic OH excluding ortho intramolecular Hbond substituents is 1. The van der Waals surface area contributed by atoms with E-state index in [4.69, 9.17) is 0 Å². The van der Waals surface area contributed by atoms with E-state index in [1.807, 2.05) is 6.07 Å². The summed E-state index contributed by atoms with van der Waals surface area (Å²) >= 11 is 0. The summed E-state index contributed by atoms with van der Waals surface area (Å²) in [6.07, 6.45) is 11.9. The molecular formula is C20H34O. The van der Waals surface area contributed by atoms with Gasteiger partial charge in [0.1, 0.15) is 5.75 Å². The summed E-state index contributed by atoms with van der Waals surface area (Å²) in [5, 5.41) is 10.5. The average molecular weight is 290 g/mol. The Balaban J connectivity index is 2.94. The SMILES string of the molecule is CCCCCCCc1c(O)cc(CC)c(CC)c1CCC. The number of unbranched alkanes of at least 4 members (excludes halogenated alkanes) is 4. The van der Waals surface area contributed by atoms with Crippen molar-refractivity contribution in [3.8, 4) is 5.75 Å².